The van der Waals surface area contributed by atoms with Gasteiger partial charge in [0.05, 0.1) is 13.0 Å². The minimum atomic E-state index is -0.234. The molecule has 22 heavy (non-hydrogen) atoms. The quantitative estimate of drug-likeness (QED) is 0.817. The van der Waals surface area contributed by atoms with Gasteiger partial charge in [0, 0.05) is 12.0 Å². The van der Waals surface area contributed by atoms with Gasteiger partial charge in [0.2, 0.25) is 0 Å². The van der Waals surface area contributed by atoms with E-state index in [0.29, 0.717) is 13.0 Å². The highest BCUT2D eigenvalue weighted by Crippen LogP contribution is 2.25. The van der Waals surface area contributed by atoms with E-state index in [4.69, 9.17) is 4.74 Å². The summed E-state index contributed by atoms with van der Waals surface area (Å²) >= 11 is 0. The summed E-state index contributed by atoms with van der Waals surface area (Å²) in [6, 6.07) is 13.7. The maximum atomic E-state index is 12.4. The predicted octanol–water partition coefficient (Wildman–Crippen LogP) is 3.12. The fourth-order valence-electron chi connectivity index (χ4n) is 2.93. The van der Waals surface area contributed by atoms with E-state index >= 15 is 0 Å². The summed E-state index contributed by atoms with van der Waals surface area (Å²) in [7, 11) is 0. The summed E-state index contributed by atoms with van der Waals surface area (Å²) < 4.78 is 4.99. The number of ether oxygens (including phenoxy) is 1. The first-order valence-electron chi connectivity index (χ1n) is 7.54. The van der Waals surface area contributed by atoms with E-state index in [-0.39, 0.29) is 18.2 Å². The van der Waals surface area contributed by atoms with Crippen LogP contribution in [-0.2, 0) is 28.8 Å². The Kier molecular flexibility index (Phi) is 4.05. The highest BCUT2D eigenvalue weighted by atomic mass is 16.5. The highest BCUT2D eigenvalue weighted by molar-refractivity contribution is 6.00. The van der Waals surface area contributed by atoms with Crippen molar-refractivity contribution in [1.82, 2.24) is 0 Å². The lowest BCUT2D eigenvalue weighted by atomic mass is 9.97. The number of hydrogen-bond donors (Lipinski definition) is 0. The van der Waals surface area contributed by atoms with E-state index in [0.717, 1.165) is 28.7 Å². The van der Waals surface area contributed by atoms with E-state index in [9.17, 15) is 9.59 Å². The van der Waals surface area contributed by atoms with Gasteiger partial charge in [-0.15, -0.1) is 0 Å². The molecule has 0 spiro atoms. The molecule has 0 bridgehead atoms. The molecule has 1 aliphatic carbocycles. The largest absolute Gasteiger partial charge is 0.466 e. The van der Waals surface area contributed by atoms with Crippen LogP contribution in [0.25, 0.3) is 0 Å². The topological polar surface area (TPSA) is 43.4 Å². The van der Waals surface area contributed by atoms with Crippen LogP contribution in [0.5, 0.6) is 0 Å². The molecule has 0 unspecified atom stereocenters. The van der Waals surface area contributed by atoms with Gasteiger partial charge in [-0.3, -0.25) is 9.59 Å². The maximum absolute atomic E-state index is 12.4. The molecule has 0 radical (unpaired) electrons. The van der Waals surface area contributed by atoms with Gasteiger partial charge < -0.3 is 4.74 Å². The van der Waals surface area contributed by atoms with Crippen molar-refractivity contribution in [2.75, 3.05) is 6.61 Å². The molecule has 0 atom stereocenters. The van der Waals surface area contributed by atoms with Crippen molar-refractivity contribution in [3.63, 3.8) is 0 Å². The van der Waals surface area contributed by atoms with Gasteiger partial charge in [-0.05, 0) is 35.6 Å². The van der Waals surface area contributed by atoms with Crippen LogP contribution in [0.3, 0.4) is 0 Å². The predicted molar refractivity (Wildman–Crippen MR) is 84.1 cm³/mol. The van der Waals surface area contributed by atoms with Gasteiger partial charge in [0.25, 0.3) is 0 Å². The first-order valence-corrected chi connectivity index (χ1v) is 7.54. The Morgan fingerprint density at radius 1 is 1.05 bits per heavy atom. The van der Waals surface area contributed by atoms with Crippen molar-refractivity contribution in [2.24, 2.45) is 0 Å². The lowest BCUT2D eigenvalue weighted by molar-refractivity contribution is -0.142. The normalized spacial score (nSPS) is 13.0. The Morgan fingerprint density at radius 2 is 1.77 bits per heavy atom. The average molecular weight is 294 g/mol. The Labute approximate surface area is 129 Å². The van der Waals surface area contributed by atoms with Gasteiger partial charge in [0.1, 0.15) is 0 Å². The first kappa shape index (κ1) is 14.5. The van der Waals surface area contributed by atoms with Crippen molar-refractivity contribution < 1.29 is 14.3 Å². The van der Waals surface area contributed by atoms with Crippen LogP contribution >= 0.6 is 0 Å². The molecule has 2 aromatic carbocycles. The molecule has 0 fully saturated rings. The Balaban J connectivity index is 1.94. The number of hydrogen-bond acceptors (Lipinski definition) is 3. The number of fused-ring (bicyclic) bond motifs is 2. The SMILES string of the molecule is CCOC(=O)Cc1ccc2c(c1)Cc1ccccc1CC2=O. The van der Waals surface area contributed by atoms with Crippen LogP contribution in [0.15, 0.2) is 42.5 Å². The third-order valence-corrected chi connectivity index (χ3v) is 3.97. The average Bonchev–Trinajstić information content (AvgIpc) is 2.63. The van der Waals surface area contributed by atoms with Crippen LogP contribution < -0.4 is 0 Å². The van der Waals surface area contributed by atoms with Crippen molar-refractivity contribution >= 4 is 11.8 Å². The number of ketones is 1. The lowest BCUT2D eigenvalue weighted by Crippen LogP contribution is -2.09. The van der Waals surface area contributed by atoms with Gasteiger partial charge in [-0.25, -0.2) is 0 Å². The second kappa shape index (κ2) is 6.14. The molecule has 1 aliphatic rings. The molecule has 0 saturated carbocycles. The number of esters is 1. The first-order chi connectivity index (χ1) is 10.7. The molecule has 2 aromatic rings. The molecule has 0 amide bonds. The molecule has 3 rings (SSSR count). The minimum absolute atomic E-state index is 0.141. The zero-order valence-corrected chi connectivity index (χ0v) is 12.6. The molecule has 0 saturated heterocycles. The van der Waals surface area contributed by atoms with E-state index in [2.05, 4.69) is 6.07 Å². The highest BCUT2D eigenvalue weighted by Gasteiger charge is 2.20. The van der Waals surface area contributed by atoms with Crippen molar-refractivity contribution in [3.05, 3.63) is 70.3 Å². The molecule has 112 valence electrons. The molecule has 3 nitrogen and oxygen atoms in total. The van der Waals surface area contributed by atoms with E-state index < -0.39 is 0 Å². The van der Waals surface area contributed by atoms with Gasteiger partial charge in [0.15, 0.2) is 5.78 Å². The summed E-state index contributed by atoms with van der Waals surface area (Å²) in [5.74, 6) is -0.0922. The zero-order chi connectivity index (χ0) is 15.5. The maximum Gasteiger partial charge on any atom is 0.310 e. The van der Waals surface area contributed by atoms with Crippen LogP contribution in [0.4, 0.5) is 0 Å². The van der Waals surface area contributed by atoms with Crippen molar-refractivity contribution in [2.45, 2.75) is 26.2 Å². The lowest BCUT2D eigenvalue weighted by Gasteiger charge is -2.08. The van der Waals surface area contributed by atoms with Crippen LogP contribution in [0, 0.1) is 0 Å². The number of carbonyl (C=O) groups excluding carboxylic acids is 2. The zero-order valence-electron chi connectivity index (χ0n) is 12.6. The monoisotopic (exact) mass is 294 g/mol. The number of benzene rings is 2. The van der Waals surface area contributed by atoms with Gasteiger partial charge in [-0.1, -0.05) is 42.5 Å². The van der Waals surface area contributed by atoms with E-state index in [1.165, 1.54) is 5.56 Å². The number of carbonyl (C=O) groups is 2. The molecule has 0 N–H and O–H groups in total. The van der Waals surface area contributed by atoms with Crippen LogP contribution in [0.1, 0.15) is 39.5 Å². The number of rotatable bonds is 3. The fourth-order valence-corrected chi connectivity index (χ4v) is 2.93. The second-order valence-electron chi connectivity index (χ2n) is 5.52. The third kappa shape index (κ3) is 2.93. The molecular formula is C19H18O3. The summed E-state index contributed by atoms with van der Waals surface area (Å²) in [6.07, 6.45) is 1.42. The van der Waals surface area contributed by atoms with Crippen LogP contribution in [0.2, 0.25) is 0 Å². The van der Waals surface area contributed by atoms with E-state index in [1.807, 2.05) is 36.4 Å². The van der Waals surface area contributed by atoms with Gasteiger partial charge in [-0.2, -0.15) is 0 Å². The summed E-state index contributed by atoms with van der Waals surface area (Å²) in [4.78, 5) is 24.0. The molecule has 0 aromatic heterocycles. The van der Waals surface area contributed by atoms with Gasteiger partial charge >= 0.3 is 5.97 Å². The second-order valence-corrected chi connectivity index (χ2v) is 5.52. The van der Waals surface area contributed by atoms with E-state index in [1.54, 1.807) is 6.92 Å². The smallest absolute Gasteiger partial charge is 0.310 e. The van der Waals surface area contributed by atoms with Crippen molar-refractivity contribution in [3.8, 4) is 0 Å². The Morgan fingerprint density at radius 3 is 2.50 bits per heavy atom. The molecular weight excluding hydrogens is 276 g/mol. The summed E-state index contributed by atoms with van der Waals surface area (Å²) in [6.45, 7) is 2.18. The fraction of sp³-hybridized carbons (Fsp3) is 0.263. The van der Waals surface area contributed by atoms with Crippen molar-refractivity contribution in [1.29, 1.82) is 0 Å². The Bertz CT molecular complexity index is 731. The third-order valence-electron chi connectivity index (χ3n) is 3.97. The minimum Gasteiger partial charge on any atom is -0.466 e. The molecule has 0 aliphatic heterocycles. The summed E-state index contributed by atoms with van der Waals surface area (Å²) in [5, 5.41) is 0. The Hall–Kier alpha value is -2.42. The number of Topliss-reactive ketones (excluding diaryl/α,β-unsaturated/α-hetero) is 1. The standard InChI is InChI=1S/C19H18O3/c1-2-22-19(21)10-13-7-8-17-16(9-13)11-14-5-3-4-6-15(14)12-18(17)20/h3-9H,2,10-12H2,1H3. The summed E-state index contributed by atoms with van der Waals surface area (Å²) in [5.41, 5.74) is 4.93. The van der Waals surface area contributed by atoms with Crippen LogP contribution in [-0.4, -0.2) is 18.4 Å². The molecule has 3 heteroatoms. The molecule has 0 heterocycles.